The van der Waals surface area contributed by atoms with E-state index in [-0.39, 0.29) is 46.6 Å². The molecule has 392 valence electrons. The van der Waals surface area contributed by atoms with Crippen LogP contribution >= 0.6 is 23.2 Å². The fraction of sp³-hybridized carbons (Fsp3) is 0.242. The molecule has 4 aliphatic rings. The molecule has 6 aromatic carbocycles. The highest BCUT2D eigenvalue weighted by Crippen LogP contribution is 2.48. The maximum absolute atomic E-state index is 14.5. The number of carbonyl (C=O) groups excluding carboxylic acids is 4. The lowest BCUT2D eigenvalue weighted by molar-refractivity contribution is -0.136. The number of ketones is 2. The highest BCUT2D eigenvalue weighted by molar-refractivity contribution is 6.31. The molecule has 0 spiro atoms. The van der Waals surface area contributed by atoms with E-state index in [4.69, 9.17) is 42.6 Å². The summed E-state index contributed by atoms with van der Waals surface area (Å²) >= 11 is 12.6. The predicted molar refractivity (Wildman–Crippen MR) is 308 cm³/mol. The van der Waals surface area contributed by atoms with Crippen LogP contribution in [0.5, 0.6) is 0 Å². The minimum absolute atomic E-state index is 0.0194. The Morgan fingerprint density at radius 1 is 0.500 bits per heavy atom. The highest BCUT2D eigenvalue weighted by Gasteiger charge is 2.43. The Kier molecular flexibility index (Phi) is 14.4. The number of Topliss-reactive ketones (excluding diaryl/α,β-unsaturated/α-hetero) is 2. The largest absolute Gasteiger partial charge is 0.465 e. The maximum Gasteiger partial charge on any atom is 0.343 e. The number of rotatable bonds is 6. The van der Waals surface area contributed by atoms with Crippen molar-refractivity contribution in [2.45, 2.75) is 77.3 Å². The molecular formula is C66H58Cl2N4O6. The zero-order valence-corrected chi connectivity index (χ0v) is 45.9. The number of esters is 2. The number of halogens is 2. The number of hydrogen-bond donors (Lipinski definition) is 0. The molecule has 2 aromatic heterocycles. The van der Waals surface area contributed by atoms with E-state index >= 15 is 0 Å². The fourth-order valence-electron chi connectivity index (χ4n) is 12.1. The van der Waals surface area contributed by atoms with Crippen molar-refractivity contribution >= 4 is 68.5 Å². The van der Waals surface area contributed by atoms with Gasteiger partial charge in [-0.15, -0.1) is 0 Å². The zero-order chi connectivity index (χ0) is 54.5. The Labute approximate surface area is 464 Å². The SMILES string of the molecule is COC(=O)/C1=C/N2CCC[C@H]2[C@H](c2ccc(Cl)cc2)c2c(-c3ccc(C)cc3)nc3ccc(C)cc3c2C1=O.COC(=O)/C1=C/N2CCC[C@H]2[C@H](c2ccc(Cl)cc2)c2c(-c3ccc(C)cc3)nc3ccc(C)cc3c2C1=O. The van der Waals surface area contributed by atoms with Crippen LogP contribution in [0, 0.1) is 27.7 Å². The summed E-state index contributed by atoms with van der Waals surface area (Å²) in [7, 11) is 2.64. The average Bonchev–Trinajstić information content (AvgIpc) is 4.26. The second kappa shape index (κ2) is 21.5. The third-order valence-electron chi connectivity index (χ3n) is 15.9. The van der Waals surface area contributed by atoms with Crippen LogP contribution in [-0.2, 0) is 19.1 Å². The van der Waals surface area contributed by atoms with Crippen molar-refractivity contribution in [2.75, 3.05) is 27.3 Å². The topological polar surface area (TPSA) is 119 Å². The lowest BCUT2D eigenvalue weighted by atomic mass is 9.76. The quantitative estimate of drug-likeness (QED) is 0.118. The molecule has 10 nitrogen and oxygen atoms in total. The fourth-order valence-corrected chi connectivity index (χ4v) is 12.4. The summed E-state index contributed by atoms with van der Waals surface area (Å²) in [6.45, 7) is 9.60. The summed E-state index contributed by atoms with van der Waals surface area (Å²) in [4.78, 5) is 69.9. The molecule has 0 unspecified atom stereocenters. The average molecular weight is 1070 g/mol. The van der Waals surface area contributed by atoms with Gasteiger partial charge in [0.1, 0.15) is 11.1 Å². The van der Waals surface area contributed by atoms with E-state index < -0.39 is 11.9 Å². The molecule has 2 saturated heterocycles. The Hall–Kier alpha value is -7.92. The lowest BCUT2D eigenvalue weighted by Crippen LogP contribution is -2.36. The Morgan fingerprint density at radius 3 is 1.22 bits per heavy atom. The van der Waals surface area contributed by atoms with Gasteiger partial charge in [0.05, 0.1) is 36.6 Å². The molecule has 12 heteroatoms. The second-order valence-electron chi connectivity index (χ2n) is 21.0. The zero-order valence-electron chi connectivity index (χ0n) is 44.4. The van der Waals surface area contributed by atoms with Crippen molar-refractivity contribution in [1.82, 2.24) is 19.8 Å². The molecule has 0 radical (unpaired) electrons. The van der Waals surface area contributed by atoms with Crippen molar-refractivity contribution in [3.63, 3.8) is 0 Å². The van der Waals surface area contributed by atoms with Gasteiger partial charge in [0.15, 0.2) is 0 Å². The van der Waals surface area contributed by atoms with E-state index in [1.165, 1.54) is 14.2 Å². The minimum atomic E-state index is -0.629. The molecule has 0 amide bonds. The number of fused-ring (bicyclic) bond motifs is 8. The number of ether oxygens (including phenoxy) is 2. The maximum atomic E-state index is 14.5. The van der Waals surface area contributed by atoms with Crippen LogP contribution in [0.3, 0.4) is 0 Å². The van der Waals surface area contributed by atoms with Gasteiger partial charge in [0, 0.05) is 92.5 Å². The molecule has 8 aromatic rings. The van der Waals surface area contributed by atoms with Gasteiger partial charge in [-0.05, 0) is 124 Å². The van der Waals surface area contributed by atoms with E-state index in [2.05, 4.69) is 72.2 Å². The third-order valence-corrected chi connectivity index (χ3v) is 16.4. The van der Waals surface area contributed by atoms with Crippen LogP contribution in [0.4, 0.5) is 0 Å². The summed E-state index contributed by atoms with van der Waals surface area (Å²) < 4.78 is 10.2. The number of benzene rings is 6. The van der Waals surface area contributed by atoms with Crippen LogP contribution < -0.4 is 0 Å². The highest BCUT2D eigenvalue weighted by atomic mass is 35.5. The first-order chi connectivity index (χ1) is 37.7. The number of pyridine rings is 2. The number of hydrogen-bond acceptors (Lipinski definition) is 10. The first-order valence-corrected chi connectivity index (χ1v) is 27.2. The molecule has 2 fully saturated rings. The first-order valence-electron chi connectivity index (χ1n) is 26.5. The van der Waals surface area contributed by atoms with Gasteiger partial charge in [-0.1, -0.05) is 130 Å². The number of aromatic nitrogens is 2. The van der Waals surface area contributed by atoms with Crippen LogP contribution in [0.1, 0.15) is 103 Å². The van der Waals surface area contributed by atoms with Crippen molar-refractivity contribution in [3.8, 4) is 22.5 Å². The van der Waals surface area contributed by atoms with Gasteiger partial charge in [0.2, 0.25) is 11.6 Å². The van der Waals surface area contributed by atoms with Crippen molar-refractivity contribution in [1.29, 1.82) is 0 Å². The predicted octanol–water partition coefficient (Wildman–Crippen LogP) is 14.0. The van der Waals surface area contributed by atoms with Gasteiger partial charge in [-0.25, -0.2) is 19.6 Å². The molecule has 6 heterocycles. The second-order valence-corrected chi connectivity index (χ2v) is 21.8. The molecule has 0 N–H and O–H groups in total. The van der Waals surface area contributed by atoms with E-state index in [0.717, 1.165) is 117 Å². The van der Waals surface area contributed by atoms with Crippen LogP contribution in [0.25, 0.3) is 44.3 Å². The molecule has 12 rings (SSSR count). The number of carbonyl (C=O) groups is 4. The summed E-state index contributed by atoms with van der Waals surface area (Å²) in [5.41, 5.74) is 14.0. The number of aryl methyl sites for hydroxylation is 4. The molecule has 78 heavy (non-hydrogen) atoms. The molecule has 4 atom stereocenters. The normalized spacial score (nSPS) is 20.1. The monoisotopic (exact) mass is 1070 g/mol. The van der Waals surface area contributed by atoms with E-state index in [1.54, 1.807) is 12.4 Å². The summed E-state index contributed by atoms with van der Waals surface area (Å²) in [6.07, 6.45) is 7.17. The van der Waals surface area contributed by atoms with Gasteiger partial charge in [-0.3, -0.25) is 9.59 Å². The van der Waals surface area contributed by atoms with Gasteiger partial charge in [0.25, 0.3) is 0 Å². The van der Waals surface area contributed by atoms with Gasteiger partial charge >= 0.3 is 11.9 Å². The summed E-state index contributed by atoms with van der Waals surface area (Å²) in [5.74, 6) is -2.28. The molecular weight excluding hydrogens is 1020 g/mol. The Balaban J connectivity index is 0.000000165. The molecule has 0 bridgehead atoms. The minimum Gasteiger partial charge on any atom is -0.465 e. The number of nitrogens with zero attached hydrogens (tertiary/aromatic N) is 4. The Morgan fingerprint density at radius 2 is 0.859 bits per heavy atom. The Bertz CT molecular complexity index is 3530. The lowest BCUT2D eigenvalue weighted by Gasteiger charge is -2.36. The van der Waals surface area contributed by atoms with Gasteiger partial charge in [-0.2, -0.15) is 0 Å². The van der Waals surface area contributed by atoms with Gasteiger partial charge < -0.3 is 19.3 Å². The first kappa shape index (κ1) is 52.1. The van der Waals surface area contributed by atoms with Crippen molar-refractivity contribution in [3.05, 3.63) is 223 Å². The van der Waals surface area contributed by atoms with E-state index in [1.807, 2.05) is 98.8 Å². The molecule has 4 aliphatic heterocycles. The van der Waals surface area contributed by atoms with Crippen LogP contribution in [0.15, 0.2) is 157 Å². The molecule has 0 saturated carbocycles. The molecule has 0 aliphatic carbocycles. The van der Waals surface area contributed by atoms with E-state index in [0.29, 0.717) is 32.2 Å². The summed E-state index contributed by atoms with van der Waals surface area (Å²) in [6, 6.07) is 44.2. The number of methoxy groups -OCH3 is 2. The van der Waals surface area contributed by atoms with E-state index in [9.17, 15) is 19.2 Å². The summed E-state index contributed by atoms with van der Waals surface area (Å²) in [5, 5.41) is 2.79. The van der Waals surface area contributed by atoms with Crippen LogP contribution in [0.2, 0.25) is 10.0 Å². The van der Waals surface area contributed by atoms with Crippen molar-refractivity contribution in [2.24, 2.45) is 0 Å². The van der Waals surface area contributed by atoms with Crippen molar-refractivity contribution < 1.29 is 28.7 Å². The van der Waals surface area contributed by atoms with Crippen LogP contribution in [-0.4, -0.2) is 82.7 Å². The smallest absolute Gasteiger partial charge is 0.343 e. The standard InChI is InChI=1S/2C33H29ClN2O3/c2*1-19-6-9-22(10-7-19)31-30-28(21-11-13-23(34)14-12-21)27-5-4-16-36(27)18-25(33(38)39-3)32(37)29(30)24-17-20(2)8-15-26(24)35-31/h2*6-15,17-18,27-28H,4-5,16H2,1-3H3/b2*25-18+/t2*27-,28-/m00/s1. The third kappa shape index (κ3) is 9.66.